The maximum absolute atomic E-state index is 12.6. The van der Waals surface area contributed by atoms with Crippen molar-refractivity contribution in [1.29, 1.82) is 0 Å². The van der Waals surface area contributed by atoms with Crippen LogP contribution in [-0.4, -0.2) is 78.7 Å². The van der Waals surface area contributed by atoms with Crippen LogP contribution < -0.4 is 4.90 Å². The summed E-state index contributed by atoms with van der Waals surface area (Å²) in [6.07, 6.45) is 0. The Morgan fingerprint density at radius 3 is 2.50 bits per heavy atom. The lowest BCUT2D eigenvalue weighted by atomic mass is 10.2. The molecule has 7 nitrogen and oxygen atoms in total. The molecule has 28 heavy (non-hydrogen) atoms. The number of amides is 1. The van der Waals surface area contributed by atoms with Gasteiger partial charge in [0.05, 0.1) is 31.7 Å². The van der Waals surface area contributed by atoms with Crippen molar-refractivity contribution in [3.63, 3.8) is 0 Å². The van der Waals surface area contributed by atoms with Gasteiger partial charge in [-0.3, -0.25) is 9.69 Å². The molecule has 0 saturated carbocycles. The number of aryl methyl sites for hydroxylation is 2. The third kappa shape index (κ3) is 4.45. The molecule has 2 aromatic heterocycles. The van der Waals surface area contributed by atoms with E-state index in [4.69, 9.17) is 14.7 Å². The van der Waals surface area contributed by atoms with Crippen LogP contribution in [0.1, 0.15) is 30.1 Å². The average Bonchev–Trinajstić information content (AvgIpc) is 2.96. The van der Waals surface area contributed by atoms with E-state index < -0.39 is 0 Å². The lowest BCUT2D eigenvalue weighted by molar-refractivity contribution is -0.129. The Labute approximate surface area is 171 Å². The SMILES string of the molecule is CCN(CC)C(=O)CN(C)c1nc(CN2CCOCC2)nc2sc(C)c(C)c12. The van der Waals surface area contributed by atoms with Crippen molar-refractivity contribution in [2.75, 3.05) is 57.9 Å². The van der Waals surface area contributed by atoms with Crippen molar-refractivity contribution in [3.05, 3.63) is 16.3 Å². The number of aromatic nitrogens is 2. The van der Waals surface area contributed by atoms with E-state index in [0.717, 1.165) is 61.3 Å². The summed E-state index contributed by atoms with van der Waals surface area (Å²) in [5.41, 5.74) is 1.20. The van der Waals surface area contributed by atoms with Crippen LogP contribution in [0.5, 0.6) is 0 Å². The maximum Gasteiger partial charge on any atom is 0.242 e. The van der Waals surface area contributed by atoms with Crippen LogP contribution in [0, 0.1) is 13.8 Å². The monoisotopic (exact) mass is 405 g/mol. The molecular weight excluding hydrogens is 374 g/mol. The van der Waals surface area contributed by atoms with E-state index in [9.17, 15) is 4.79 Å². The van der Waals surface area contributed by atoms with E-state index in [1.807, 2.05) is 30.7 Å². The molecular formula is C20H31N5O2S. The fourth-order valence-electron chi connectivity index (χ4n) is 3.53. The van der Waals surface area contributed by atoms with Crippen molar-refractivity contribution in [2.24, 2.45) is 0 Å². The Morgan fingerprint density at radius 2 is 1.86 bits per heavy atom. The Kier molecular flexibility index (Phi) is 6.85. The second-order valence-corrected chi connectivity index (χ2v) is 8.44. The summed E-state index contributed by atoms with van der Waals surface area (Å²) in [6, 6.07) is 0. The molecule has 0 atom stereocenters. The number of carbonyl (C=O) groups excluding carboxylic acids is 1. The molecule has 0 unspecified atom stereocenters. The van der Waals surface area contributed by atoms with Crippen LogP contribution in [0.2, 0.25) is 0 Å². The van der Waals surface area contributed by atoms with Crippen molar-refractivity contribution >= 4 is 33.3 Å². The number of morpholine rings is 1. The number of anilines is 1. The first kappa shape index (κ1) is 21.0. The molecule has 0 aliphatic carbocycles. The Hall–Kier alpha value is -1.77. The second kappa shape index (κ2) is 9.15. The molecule has 8 heteroatoms. The number of nitrogens with zero attached hydrogens (tertiary/aromatic N) is 5. The van der Waals surface area contributed by atoms with Gasteiger partial charge in [-0.05, 0) is 33.3 Å². The first-order valence-corrected chi connectivity index (χ1v) is 10.8. The first-order valence-electron chi connectivity index (χ1n) is 10.00. The zero-order valence-corrected chi connectivity index (χ0v) is 18.4. The van der Waals surface area contributed by atoms with Crippen LogP contribution in [-0.2, 0) is 16.1 Å². The highest BCUT2D eigenvalue weighted by atomic mass is 32.1. The van der Waals surface area contributed by atoms with Gasteiger partial charge < -0.3 is 14.5 Å². The zero-order chi connectivity index (χ0) is 20.3. The summed E-state index contributed by atoms with van der Waals surface area (Å²) in [4.78, 5) is 30.8. The number of hydrogen-bond acceptors (Lipinski definition) is 7. The summed E-state index contributed by atoms with van der Waals surface area (Å²) in [5, 5.41) is 1.07. The number of rotatable bonds is 7. The average molecular weight is 406 g/mol. The standard InChI is InChI=1S/C20H31N5O2S/c1-6-25(7-2)17(26)13-23(5)19-18-14(3)15(4)28-20(18)22-16(21-19)12-24-8-10-27-11-9-24/h6-13H2,1-5H3. The minimum atomic E-state index is 0.124. The van der Waals surface area contributed by atoms with Gasteiger partial charge in [0.25, 0.3) is 0 Å². The summed E-state index contributed by atoms with van der Waals surface area (Å²) in [7, 11) is 1.95. The second-order valence-electron chi connectivity index (χ2n) is 7.24. The van der Waals surface area contributed by atoms with Crippen molar-refractivity contribution in [1.82, 2.24) is 19.8 Å². The molecule has 1 fully saturated rings. The third-order valence-electron chi connectivity index (χ3n) is 5.37. The fraction of sp³-hybridized carbons (Fsp3) is 0.650. The highest BCUT2D eigenvalue weighted by Gasteiger charge is 2.21. The van der Waals surface area contributed by atoms with Gasteiger partial charge in [0.1, 0.15) is 16.5 Å². The number of ether oxygens (including phenoxy) is 1. The van der Waals surface area contributed by atoms with Gasteiger partial charge in [0, 0.05) is 38.1 Å². The van der Waals surface area contributed by atoms with E-state index in [-0.39, 0.29) is 5.91 Å². The van der Waals surface area contributed by atoms with Gasteiger partial charge in [-0.1, -0.05) is 0 Å². The lowest BCUT2D eigenvalue weighted by Gasteiger charge is -2.27. The van der Waals surface area contributed by atoms with Gasteiger partial charge in [-0.15, -0.1) is 11.3 Å². The van der Waals surface area contributed by atoms with E-state index in [1.165, 1.54) is 10.4 Å². The van der Waals surface area contributed by atoms with Gasteiger partial charge in [-0.2, -0.15) is 0 Å². The zero-order valence-electron chi connectivity index (χ0n) is 17.6. The van der Waals surface area contributed by atoms with E-state index in [1.54, 1.807) is 11.3 Å². The van der Waals surface area contributed by atoms with Crippen molar-refractivity contribution in [2.45, 2.75) is 34.2 Å². The fourth-order valence-corrected chi connectivity index (χ4v) is 4.57. The molecule has 3 rings (SSSR count). The normalized spacial score (nSPS) is 15.2. The molecule has 0 radical (unpaired) electrons. The molecule has 1 aliphatic rings. The predicted octanol–water partition coefficient (Wildman–Crippen LogP) is 2.44. The molecule has 0 spiro atoms. The van der Waals surface area contributed by atoms with Crippen molar-refractivity contribution in [3.8, 4) is 0 Å². The Morgan fingerprint density at radius 1 is 1.18 bits per heavy atom. The molecule has 1 saturated heterocycles. The smallest absolute Gasteiger partial charge is 0.242 e. The van der Waals surface area contributed by atoms with Gasteiger partial charge in [0.2, 0.25) is 5.91 Å². The Balaban J connectivity index is 1.92. The molecule has 3 heterocycles. The van der Waals surface area contributed by atoms with E-state index >= 15 is 0 Å². The summed E-state index contributed by atoms with van der Waals surface area (Å²) >= 11 is 1.70. The van der Waals surface area contributed by atoms with Crippen LogP contribution in [0.3, 0.4) is 0 Å². The summed E-state index contributed by atoms with van der Waals surface area (Å²) in [6.45, 7) is 14.0. The number of hydrogen-bond donors (Lipinski definition) is 0. The molecule has 2 aromatic rings. The molecule has 0 bridgehead atoms. The Bertz CT molecular complexity index is 828. The molecule has 1 amide bonds. The van der Waals surface area contributed by atoms with Crippen LogP contribution in [0.25, 0.3) is 10.2 Å². The van der Waals surface area contributed by atoms with Crippen LogP contribution in [0.15, 0.2) is 0 Å². The first-order chi connectivity index (χ1) is 13.4. The van der Waals surface area contributed by atoms with E-state index in [2.05, 4.69) is 18.7 Å². The highest BCUT2D eigenvalue weighted by Crippen LogP contribution is 2.34. The lowest BCUT2D eigenvalue weighted by Crippen LogP contribution is -2.39. The quantitative estimate of drug-likeness (QED) is 0.705. The number of carbonyl (C=O) groups is 1. The third-order valence-corrected chi connectivity index (χ3v) is 6.48. The van der Waals surface area contributed by atoms with Crippen molar-refractivity contribution < 1.29 is 9.53 Å². The minimum Gasteiger partial charge on any atom is -0.379 e. The largest absolute Gasteiger partial charge is 0.379 e. The molecule has 1 aliphatic heterocycles. The summed E-state index contributed by atoms with van der Waals surface area (Å²) in [5.74, 6) is 1.79. The van der Waals surface area contributed by atoms with Gasteiger partial charge >= 0.3 is 0 Å². The van der Waals surface area contributed by atoms with Gasteiger partial charge in [0.15, 0.2) is 0 Å². The molecule has 0 N–H and O–H groups in total. The number of likely N-dealkylation sites (N-methyl/N-ethyl adjacent to an activating group) is 2. The number of thiophene rings is 1. The minimum absolute atomic E-state index is 0.124. The molecule has 0 aromatic carbocycles. The predicted molar refractivity (Wildman–Crippen MR) is 114 cm³/mol. The van der Waals surface area contributed by atoms with Crippen LogP contribution >= 0.6 is 11.3 Å². The van der Waals surface area contributed by atoms with Crippen LogP contribution in [0.4, 0.5) is 5.82 Å². The number of fused-ring (bicyclic) bond motifs is 1. The molecule has 154 valence electrons. The van der Waals surface area contributed by atoms with E-state index in [0.29, 0.717) is 13.1 Å². The highest BCUT2D eigenvalue weighted by molar-refractivity contribution is 7.18. The van der Waals surface area contributed by atoms with Gasteiger partial charge in [-0.25, -0.2) is 9.97 Å². The maximum atomic E-state index is 12.6. The summed E-state index contributed by atoms with van der Waals surface area (Å²) < 4.78 is 5.45. The topological polar surface area (TPSA) is 61.8 Å².